The van der Waals surface area contributed by atoms with Gasteiger partial charge in [0, 0.05) is 39.0 Å². The molecule has 0 aliphatic carbocycles. The van der Waals surface area contributed by atoms with Crippen molar-refractivity contribution in [1.29, 1.82) is 0 Å². The minimum atomic E-state index is -0.0432. The molecule has 2 aromatic rings. The molecule has 0 saturated heterocycles. The van der Waals surface area contributed by atoms with Crippen molar-refractivity contribution in [1.82, 2.24) is 29.8 Å². The van der Waals surface area contributed by atoms with E-state index in [2.05, 4.69) is 35.9 Å². The Kier molecular flexibility index (Phi) is 5.02. The number of carbonyl (C=O) groups excluding carboxylic acids is 1. The zero-order valence-electron chi connectivity index (χ0n) is 12.0. The van der Waals surface area contributed by atoms with Gasteiger partial charge in [-0.2, -0.15) is 15.0 Å². The molecule has 9 heteroatoms. The van der Waals surface area contributed by atoms with Crippen molar-refractivity contribution in [2.24, 2.45) is 0 Å². The van der Waals surface area contributed by atoms with Crippen molar-refractivity contribution in [3.63, 3.8) is 0 Å². The van der Waals surface area contributed by atoms with Gasteiger partial charge in [0.05, 0.1) is 0 Å². The lowest BCUT2D eigenvalue weighted by Gasteiger charge is -2.09. The predicted octanol–water partition coefficient (Wildman–Crippen LogP) is 0.0371. The van der Waals surface area contributed by atoms with E-state index in [1.807, 2.05) is 6.92 Å². The van der Waals surface area contributed by atoms with Crippen LogP contribution in [-0.2, 0) is 4.79 Å². The molecule has 0 bridgehead atoms. The van der Waals surface area contributed by atoms with E-state index in [1.165, 1.54) is 0 Å². The minimum absolute atomic E-state index is 0.0432. The maximum Gasteiger partial charge on any atom is 0.241 e. The van der Waals surface area contributed by atoms with Crippen LogP contribution in [0.15, 0.2) is 18.7 Å². The smallest absolute Gasteiger partial charge is 0.241 e. The van der Waals surface area contributed by atoms with Gasteiger partial charge in [-0.1, -0.05) is 0 Å². The Labute approximate surface area is 122 Å². The maximum atomic E-state index is 11.2. The second-order valence-corrected chi connectivity index (χ2v) is 4.13. The normalized spacial score (nSPS) is 10.2. The van der Waals surface area contributed by atoms with E-state index in [0.717, 1.165) is 0 Å². The Bertz CT molecular complexity index is 583. The zero-order valence-corrected chi connectivity index (χ0v) is 12.0. The van der Waals surface area contributed by atoms with E-state index >= 15 is 0 Å². The molecule has 0 aliphatic rings. The van der Waals surface area contributed by atoms with Crippen LogP contribution in [0.4, 0.5) is 11.9 Å². The summed E-state index contributed by atoms with van der Waals surface area (Å²) in [5, 5.41) is 8.62. The van der Waals surface area contributed by atoms with Crippen LogP contribution in [0.3, 0.4) is 0 Å². The average Bonchev–Trinajstić information content (AvgIpc) is 3.01. The molecular formula is C12H18N8O. The first-order valence-corrected chi connectivity index (χ1v) is 6.65. The number of hydrogen-bond acceptors (Lipinski definition) is 7. The number of aromatic nitrogens is 5. The first kappa shape index (κ1) is 14.7. The van der Waals surface area contributed by atoms with Gasteiger partial charge < -0.3 is 16.0 Å². The molecule has 0 fully saturated rings. The molecule has 0 aromatic carbocycles. The third-order valence-electron chi connectivity index (χ3n) is 2.61. The number of anilines is 2. The minimum Gasteiger partial charge on any atom is -0.359 e. The number of amides is 1. The van der Waals surface area contributed by atoms with E-state index < -0.39 is 0 Å². The van der Waals surface area contributed by atoms with Crippen LogP contribution in [0.1, 0.15) is 13.3 Å². The Hall–Kier alpha value is -2.71. The van der Waals surface area contributed by atoms with Gasteiger partial charge in [0.15, 0.2) is 0 Å². The van der Waals surface area contributed by atoms with Gasteiger partial charge in [0.25, 0.3) is 0 Å². The summed E-state index contributed by atoms with van der Waals surface area (Å²) in [5.41, 5.74) is 0. The third kappa shape index (κ3) is 4.13. The fourth-order valence-electron chi connectivity index (χ4n) is 1.59. The second kappa shape index (κ2) is 7.17. The van der Waals surface area contributed by atoms with E-state index in [-0.39, 0.29) is 5.91 Å². The molecule has 2 heterocycles. The molecule has 0 spiro atoms. The molecule has 0 radical (unpaired) electrons. The predicted molar refractivity (Wildman–Crippen MR) is 78.3 cm³/mol. The highest BCUT2D eigenvalue weighted by molar-refractivity contribution is 5.75. The summed E-state index contributed by atoms with van der Waals surface area (Å²) in [7, 11) is 1.60. The van der Waals surface area contributed by atoms with Crippen LogP contribution in [0, 0.1) is 0 Å². The fraction of sp³-hybridized carbons (Fsp3) is 0.417. The number of nitrogens with one attached hydrogen (secondary N) is 3. The Morgan fingerprint density at radius 1 is 1.24 bits per heavy atom. The standard InChI is InChI=1S/C12H18N8O/c1-3-15-10-17-11(16-5-4-9(21)13-2)19-12(18-10)20-7-6-14-8-20/h6-8H,3-5H2,1-2H3,(H,13,21)(H2,15,16,17,18,19). The third-order valence-corrected chi connectivity index (χ3v) is 2.61. The van der Waals surface area contributed by atoms with Crippen LogP contribution in [0.2, 0.25) is 0 Å². The number of hydrogen-bond donors (Lipinski definition) is 3. The summed E-state index contributed by atoms with van der Waals surface area (Å²) >= 11 is 0. The summed E-state index contributed by atoms with van der Waals surface area (Å²) in [6.07, 6.45) is 5.35. The van der Waals surface area contributed by atoms with Crippen molar-refractivity contribution in [2.45, 2.75) is 13.3 Å². The SMILES string of the molecule is CCNc1nc(NCCC(=O)NC)nc(-n2ccnc2)n1. The fourth-order valence-corrected chi connectivity index (χ4v) is 1.59. The largest absolute Gasteiger partial charge is 0.359 e. The highest BCUT2D eigenvalue weighted by Gasteiger charge is 2.08. The molecular weight excluding hydrogens is 272 g/mol. The Morgan fingerprint density at radius 3 is 2.62 bits per heavy atom. The average molecular weight is 290 g/mol. The highest BCUT2D eigenvalue weighted by atomic mass is 16.1. The topological polar surface area (TPSA) is 110 Å². The molecule has 1 amide bonds. The number of nitrogens with zero attached hydrogens (tertiary/aromatic N) is 5. The Morgan fingerprint density at radius 2 is 2.00 bits per heavy atom. The van der Waals surface area contributed by atoms with Crippen molar-refractivity contribution >= 4 is 17.8 Å². The quantitative estimate of drug-likeness (QED) is 0.660. The van der Waals surface area contributed by atoms with Gasteiger partial charge in [0.1, 0.15) is 6.33 Å². The molecule has 112 valence electrons. The molecule has 0 unspecified atom stereocenters. The van der Waals surface area contributed by atoms with Crippen LogP contribution < -0.4 is 16.0 Å². The van der Waals surface area contributed by atoms with Gasteiger partial charge in [-0.15, -0.1) is 0 Å². The number of rotatable bonds is 7. The summed E-state index contributed by atoms with van der Waals surface area (Å²) in [6, 6.07) is 0. The molecule has 9 nitrogen and oxygen atoms in total. The van der Waals surface area contributed by atoms with E-state index in [9.17, 15) is 4.79 Å². The van der Waals surface area contributed by atoms with Crippen LogP contribution in [0.25, 0.3) is 5.95 Å². The zero-order chi connectivity index (χ0) is 15.1. The molecule has 2 rings (SSSR count). The van der Waals surface area contributed by atoms with Crippen LogP contribution in [-0.4, -0.2) is 50.5 Å². The van der Waals surface area contributed by atoms with Crippen molar-refractivity contribution in [3.05, 3.63) is 18.7 Å². The number of imidazole rings is 1. The van der Waals surface area contributed by atoms with Gasteiger partial charge >= 0.3 is 0 Å². The molecule has 2 aromatic heterocycles. The summed E-state index contributed by atoms with van der Waals surface area (Å²) in [5.74, 6) is 1.30. The monoisotopic (exact) mass is 290 g/mol. The second-order valence-electron chi connectivity index (χ2n) is 4.13. The van der Waals surface area contributed by atoms with Crippen LogP contribution in [0.5, 0.6) is 0 Å². The highest BCUT2D eigenvalue weighted by Crippen LogP contribution is 2.09. The van der Waals surface area contributed by atoms with Gasteiger partial charge in [-0.3, -0.25) is 9.36 Å². The lowest BCUT2D eigenvalue weighted by atomic mass is 10.4. The van der Waals surface area contributed by atoms with Crippen LogP contribution >= 0.6 is 0 Å². The number of carbonyl (C=O) groups is 1. The Balaban J connectivity index is 2.14. The van der Waals surface area contributed by atoms with E-state index in [4.69, 9.17) is 0 Å². The maximum absolute atomic E-state index is 11.2. The molecule has 0 aliphatic heterocycles. The lowest BCUT2D eigenvalue weighted by Crippen LogP contribution is -2.21. The van der Waals surface area contributed by atoms with Gasteiger partial charge in [-0.25, -0.2) is 4.98 Å². The lowest BCUT2D eigenvalue weighted by molar-refractivity contribution is -0.120. The van der Waals surface area contributed by atoms with Gasteiger partial charge in [0.2, 0.25) is 23.8 Å². The first-order chi connectivity index (χ1) is 10.2. The van der Waals surface area contributed by atoms with E-state index in [0.29, 0.717) is 37.4 Å². The van der Waals surface area contributed by atoms with Gasteiger partial charge in [-0.05, 0) is 6.92 Å². The molecule has 3 N–H and O–H groups in total. The first-order valence-electron chi connectivity index (χ1n) is 6.65. The van der Waals surface area contributed by atoms with Crippen molar-refractivity contribution in [2.75, 3.05) is 30.8 Å². The molecule has 0 atom stereocenters. The summed E-state index contributed by atoms with van der Waals surface area (Å²) < 4.78 is 1.69. The molecule has 21 heavy (non-hydrogen) atoms. The molecule has 0 saturated carbocycles. The summed E-state index contributed by atoms with van der Waals surface area (Å²) in [4.78, 5) is 28.0. The summed E-state index contributed by atoms with van der Waals surface area (Å²) in [6.45, 7) is 3.10. The van der Waals surface area contributed by atoms with E-state index in [1.54, 1.807) is 30.3 Å². The van der Waals surface area contributed by atoms with Crippen molar-refractivity contribution in [3.8, 4) is 5.95 Å². The van der Waals surface area contributed by atoms with Crippen molar-refractivity contribution < 1.29 is 4.79 Å².